The Bertz CT molecular complexity index is 368. The summed E-state index contributed by atoms with van der Waals surface area (Å²) in [7, 11) is 0. The van der Waals surface area contributed by atoms with E-state index in [1.54, 1.807) is 0 Å². The number of carbonyl (C=O) groups is 1. The summed E-state index contributed by atoms with van der Waals surface area (Å²) < 4.78 is 5.32. The summed E-state index contributed by atoms with van der Waals surface area (Å²) in [6.07, 6.45) is 0. The Labute approximate surface area is 110 Å². The third-order valence-corrected chi connectivity index (χ3v) is 2.43. The molecule has 1 atom stereocenters. The van der Waals surface area contributed by atoms with Gasteiger partial charge in [-0.3, -0.25) is 4.79 Å². The van der Waals surface area contributed by atoms with Crippen LogP contribution >= 0.6 is 0 Å². The lowest BCUT2D eigenvalue weighted by atomic mass is 10.1. The number of rotatable bonds is 5. The van der Waals surface area contributed by atoms with Crippen molar-refractivity contribution in [3.8, 4) is 0 Å². The SMILES string of the molecule is C[C@@H](CNCc1ccccc1)C(=O)OC(C)(C)C. The second-order valence-electron chi connectivity index (χ2n) is 5.55. The minimum Gasteiger partial charge on any atom is -0.460 e. The molecule has 1 N–H and O–H groups in total. The zero-order valence-corrected chi connectivity index (χ0v) is 11.7. The van der Waals surface area contributed by atoms with Crippen molar-refractivity contribution in [3.63, 3.8) is 0 Å². The molecule has 0 amide bonds. The van der Waals surface area contributed by atoms with Crippen molar-refractivity contribution in [2.45, 2.75) is 39.8 Å². The Balaban J connectivity index is 2.29. The largest absolute Gasteiger partial charge is 0.460 e. The van der Waals surface area contributed by atoms with Gasteiger partial charge in [0.1, 0.15) is 5.60 Å². The fourth-order valence-electron chi connectivity index (χ4n) is 1.51. The van der Waals surface area contributed by atoms with Crippen LogP contribution < -0.4 is 5.32 Å². The zero-order valence-electron chi connectivity index (χ0n) is 11.7. The first-order valence-electron chi connectivity index (χ1n) is 6.36. The second kappa shape index (κ2) is 6.55. The molecule has 0 saturated heterocycles. The molecule has 0 fully saturated rings. The summed E-state index contributed by atoms with van der Waals surface area (Å²) >= 11 is 0. The molecule has 0 spiro atoms. The van der Waals surface area contributed by atoms with Gasteiger partial charge in [0.25, 0.3) is 0 Å². The second-order valence-corrected chi connectivity index (χ2v) is 5.55. The summed E-state index contributed by atoms with van der Waals surface area (Å²) in [5.74, 6) is -0.281. The minimum absolute atomic E-state index is 0.132. The van der Waals surface area contributed by atoms with Crippen molar-refractivity contribution in [2.24, 2.45) is 5.92 Å². The summed E-state index contributed by atoms with van der Waals surface area (Å²) in [5.41, 5.74) is 0.805. The number of hydrogen-bond acceptors (Lipinski definition) is 3. The molecule has 0 unspecified atom stereocenters. The van der Waals surface area contributed by atoms with E-state index < -0.39 is 5.60 Å². The minimum atomic E-state index is -0.412. The highest BCUT2D eigenvalue weighted by Gasteiger charge is 2.21. The topological polar surface area (TPSA) is 38.3 Å². The maximum Gasteiger partial charge on any atom is 0.310 e. The predicted octanol–water partition coefficient (Wildman–Crippen LogP) is 2.75. The van der Waals surface area contributed by atoms with E-state index in [1.807, 2.05) is 45.9 Å². The molecule has 1 aromatic rings. The standard InChI is InChI=1S/C15H23NO2/c1-12(14(17)18-15(2,3)4)10-16-11-13-8-6-5-7-9-13/h5-9,12,16H,10-11H2,1-4H3/t12-/m0/s1. The summed E-state index contributed by atoms with van der Waals surface area (Å²) in [6, 6.07) is 10.1. The highest BCUT2D eigenvalue weighted by molar-refractivity contribution is 5.72. The highest BCUT2D eigenvalue weighted by Crippen LogP contribution is 2.10. The number of hydrogen-bond donors (Lipinski definition) is 1. The van der Waals surface area contributed by atoms with Crippen LogP contribution in [0.15, 0.2) is 30.3 Å². The van der Waals surface area contributed by atoms with Gasteiger partial charge in [-0.05, 0) is 26.3 Å². The molecule has 3 nitrogen and oxygen atoms in total. The van der Waals surface area contributed by atoms with Crippen LogP contribution in [-0.2, 0) is 16.1 Å². The van der Waals surface area contributed by atoms with Crippen LogP contribution in [0.5, 0.6) is 0 Å². The molecule has 18 heavy (non-hydrogen) atoms. The Morgan fingerprint density at radius 2 is 1.89 bits per heavy atom. The van der Waals surface area contributed by atoms with Crippen molar-refractivity contribution in [1.82, 2.24) is 5.32 Å². The van der Waals surface area contributed by atoms with Gasteiger partial charge in [-0.1, -0.05) is 37.3 Å². The Morgan fingerprint density at radius 1 is 1.28 bits per heavy atom. The summed E-state index contributed by atoms with van der Waals surface area (Å²) in [4.78, 5) is 11.7. The Hall–Kier alpha value is -1.35. The molecule has 0 bridgehead atoms. The average molecular weight is 249 g/mol. The van der Waals surface area contributed by atoms with E-state index in [1.165, 1.54) is 5.56 Å². The van der Waals surface area contributed by atoms with Crippen molar-refractivity contribution >= 4 is 5.97 Å². The first-order valence-corrected chi connectivity index (χ1v) is 6.36. The smallest absolute Gasteiger partial charge is 0.310 e. The normalized spacial score (nSPS) is 13.1. The molecule has 0 heterocycles. The van der Waals surface area contributed by atoms with Gasteiger partial charge in [0.2, 0.25) is 0 Å². The van der Waals surface area contributed by atoms with Crippen molar-refractivity contribution in [1.29, 1.82) is 0 Å². The van der Waals surface area contributed by atoms with Gasteiger partial charge < -0.3 is 10.1 Å². The van der Waals surface area contributed by atoms with Crippen molar-refractivity contribution < 1.29 is 9.53 Å². The molecule has 1 aromatic carbocycles. The number of esters is 1. The first kappa shape index (κ1) is 14.7. The number of carbonyl (C=O) groups excluding carboxylic acids is 1. The van der Waals surface area contributed by atoms with Gasteiger partial charge in [-0.2, -0.15) is 0 Å². The van der Waals surface area contributed by atoms with E-state index in [0.29, 0.717) is 6.54 Å². The van der Waals surface area contributed by atoms with Gasteiger partial charge in [0.15, 0.2) is 0 Å². The maximum atomic E-state index is 11.7. The highest BCUT2D eigenvalue weighted by atomic mass is 16.6. The number of ether oxygens (including phenoxy) is 1. The van der Waals surface area contributed by atoms with E-state index in [2.05, 4.69) is 17.4 Å². The molecular formula is C15H23NO2. The van der Waals surface area contributed by atoms with Crippen molar-refractivity contribution in [3.05, 3.63) is 35.9 Å². The zero-order chi connectivity index (χ0) is 13.6. The molecule has 3 heteroatoms. The fourth-order valence-corrected chi connectivity index (χ4v) is 1.51. The average Bonchev–Trinajstić information content (AvgIpc) is 2.28. The van der Waals surface area contributed by atoms with Crippen LogP contribution in [0.2, 0.25) is 0 Å². The fraction of sp³-hybridized carbons (Fsp3) is 0.533. The van der Waals surface area contributed by atoms with Gasteiger partial charge in [-0.15, -0.1) is 0 Å². The third kappa shape index (κ3) is 5.82. The lowest BCUT2D eigenvalue weighted by Crippen LogP contribution is -2.32. The van der Waals surface area contributed by atoms with Crippen molar-refractivity contribution in [2.75, 3.05) is 6.54 Å². The van der Waals surface area contributed by atoms with Crippen LogP contribution in [0.3, 0.4) is 0 Å². The lowest BCUT2D eigenvalue weighted by molar-refractivity contribution is -0.159. The van der Waals surface area contributed by atoms with E-state index in [-0.39, 0.29) is 11.9 Å². The van der Waals surface area contributed by atoms with Crippen LogP contribution in [0.4, 0.5) is 0 Å². The monoisotopic (exact) mass is 249 g/mol. The Kier molecular flexibility index (Phi) is 5.35. The van der Waals surface area contributed by atoms with Crippen LogP contribution in [0, 0.1) is 5.92 Å². The van der Waals surface area contributed by atoms with Gasteiger partial charge in [0, 0.05) is 13.1 Å². The summed E-state index contributed by atoms with van der Waals surface area (Å²) in [5, 5.41) is 3.27. The molecular weight excluding hydrogens is 226 g/mol. The van der Waals surface area contributed by atoms with E-state index in [0.717, 1.165) is 6.54 Å². The van der Waals surface area contributed by atoms with Gasteiger partial charge in [-0.25, -0.2) is 0 Å². The van der Waals surface area contributed by atoms with Crippen LogP contribution in [-0.4, -0.2) is 18.1 Å². The molecule has 0 aliphatic rings. The van der Waals surface area contributed by atoms with E-state index >= 15 is 0 Å². The maximum absolute atomic E-state index is 11.7. The molecule has 0 aliphatic carbocycles. The Morgan fingerprint density at radius 3 is 2.44 bits per heavy atom. The van der Waals surface area contributed by atoms with Crippen LogP contribution in [0.1, 0.15) is 33.3 Å². The molecule has 0 saturated carbocycles. The van der Waals surface area contributed by atoms with E-state index in [9.17, 15) is 4.79 Å². The number of nitrogens with one attached hydrogen (secondary N) is 1. The quantitative estimate of drug-likeness (QED) is 0.815. The van der Waals surface area contributed by atoms with Gasteiger partial charge >= 0.3 is 5.97 Å². The molecule has 0 aliphatic heterocycles. The molecule has 0 radical (unpaired) electrons. The van der Waals surface area contributed by atoms with Gasteiger partial charge in [0.05, 0.1) is 5.92 Å². The number of benzene rings is 1. The van der Waals surface area contributed by atoms with Crippen LogP contribution in [0.25, 0.3) is 0 Å². The molecule has 0 aromatic heterocycles. The molecule has 1 rings (SSSR count). The summed E-state index contributed by atoms with van der Waals surface area (Å²) in [6.45, 7) is 8.93. The van der Waals surface area contributed by atoms with E-state index in [4.69, 9.17) is 4.74 Å². The lowest BCUT2D eigenvalue weighted by Gasteiger charge is -2.22. The first-order chi connectivity index (χ1) is 8.38. The predicted molar refractivity (Wildman–Crippen MR) is 73.2 cm³/mol. The third-order valence-electron chi connectivity index (χ3n) is 2.43. The molecule has 100 valence electrons.